The van der Waals surface area contributed by atoms with Gasteiger partial charge in [-0.05, 0) is 19.2 Å². The molecule has 3 nitrogen and oxygen atoms in total. The van der Waals surface area contributed by atoms with Crippen molar-refractivity contribution in [3.8, 4) is 12.3 Å². The molecular weight excluding hydrogens is 186 g/mol. The van der Waals surface area contributed by atoms with Crippen LogP contribution in [-0.4, -0.2) is 15.5 Å². The minimum absolute atomic E-state index is 0.139. The molecule has 0 aliphatic rings. The van der Waals surface area contributed by atoms with Crippen molar-refractivity contribution in [2.75, 3.05) is 7.05 Å². The van der Waals surface area contributed by atoms with E-state index in [0.29, 0.717) is 5.56 Å². The van der Waals surface area contributed by atoms with Gasteiger partial charge in [0.1, 0.15) is 0 Å². The second-order valence-electron chi connectivity index (χ2n) is 2.35. The molecule has 0 atom stereocenters. The van der Waals surface area contributed by atoms with Gasteiger partial charge in [0.2, 0.25) is 10.0 Å². The fraction of sp³-hybridized carbons (Fsp3) is 0.111. The molecule has 0 aliphatic heterocycles. The maximum absolute atomic E-state index is 11.4. The third kappa shape index (κ3) is 1.89. The van der Waals surface area contributed by atoms with Crippen LogP contribution in [0.15, 0.2) is 29.2 Å². The Kier molecular flexibility index (Phi) is 2.71. The van der Waals surface area contributed by atoms with Gasteiger partial charge in [0.25, 0.3) is 0 Å². The normalized spacial score (nSPS) is 10.8. The summed E-state index contributed by atoms with van der Waals surface area (Å²) < 4.78 is 25.0. The minimum atomic E-state index is -3.43. The fourth-order valence-electron chi connectivity index (χ4n) is 0.930. The van der Waals surface area contributed by atoms with Crippen molar-refractivity contribution in [3.63, 3.8) is 0 Å². The highest BCUT2D eigenvalue weighted by Gasteiger charge is 2.13. The molecule has 1 rings (SSSR count). The standard InChI is InChI=1S/C9H9NO2S/c1-3-8-6-4-5-7-9(8)13(11,12)10-2/h1,4-7,10H,2H3. The molecule has 0 aliphatic carbocycles. The average Bonchev–Trinajstić information content (AvgIpc) is 2.18. The number of rotatable bonds is 2. The average molecular weight is 195 g/mol. The zero-order chi connectivity index (χ0) is 9.90. The van der Waals surface area contributed by atoms with Crippen molar-refractivity contribution in [1.82, 2.24) is 4.72 Å². The summed E-state index contributed by atoms with van der Waals surface area (Å²) >= 11 is 0. The van der Waals surface area contributed by atoms with Gasteiger partial charge in [-0.2, -0.15) is 0 Å². The minimum Gasteiger partial charge on any atom is -0.214 e. The van der Waals surface area contributed by atoms with Gasteiger partial charge in [-0.3, -0.25) is 0 Å². The zero-order valence-corrected chi connectivity index (χ0v) is 7.93. The monoisotopic (exact) mass is 195 g/mol. The number of hydrogen-bond donors (Lipinski definition) is 1. The predicted molar refractivity (Wildman–Crippen MR) is 50.6 cm³/mol. The van der Waals surface area contributed by atoms with E-state index in [0.717, 1.165) is 0 Å². The molecular formula is C9H9NO2S. The van der Waals surface area contributed by atoms with E-state index in [9.17, 15) is 8.42 Å². The van der Waals surface area contributed by atoms with Gasteiger partial charge in [0.15, 0.2) is 0 Å². The molecule has 0 unspecified atom stereocenters. The first-order valence-corrected chi connectivity index (χ1v) is 5.09. The quantitative estimate of drug-likeness (QED) is 0.701. The first-order valence-electron chi connectivity index (χ1n) is 3.61. The summed E-state index contributed by atoms with van der Waals surface area (Å²) in [7, 11) is -2.08. The highest BCUT2D eigenvalue weighted by atomic mass is 32.2. The Labute approximate surface area is 77.8 Å². The second kappa shape index (κ2) is 3.60. The maximum Gasteiger partial charge on any atom is 0.241 e. The van der Waals surface area contributed by atoms with Crippen molar-refractivity contribution >= 4 is 10.0 Å². The summed E-state index contributed by atoms with van der Waals surface area (Å²) in [6, 6.07) is 6.39. The van der Waals surface area contributed by atoms with E-state index >= 15 is 0 Å². The highest BCUT2D eigenvalue weighted by molar-refractivity contribution is 7.89. The van der Waals surface area contributed by atoms with Crippen molar-refractivity contribution < 1.29 is 8.42 Å². The van der Waals surface area contributed by atoms with Gasteiger partial charge in [-0.15, -0.1) is 6.42 Å². The van der Waals surface area contributed by atoms with E-state index in [1.807, 2.05) is 0 Å². The molecule has 1 N–H and O–H groups in total. The number of benzene rings is 1. The molecule has 0 amide bonds. The summed E-state index contributed by atoms with van der Waals surface area (Å²) in [6.07, 6.45) is 5.16. The van der Waals surface area contributed by atoms with Gasteiger partial charge in [0.05, 0.1) is 4.90 Å². The molecule has 0 saturated heterocycles. The van der Waals surface area contributed by atoms with Crippen LogP contribution in [0.5, 0.6) is 0 Å². The molecule has 1 aromatic rings. The first-order chi connectivity index (χ1) is 6.11. The van der Waals surface area contributed by atoms with Gasteiger partial charge >= 0.3 is 0 Å². The number of nitrogens with one attached hydrogen (secondary N) is 1. The third-order valence-electron chi connectivity index (χ3n) is 1.60. The van der Waals surface area contributed by atoms with Gasteiger partial charge in [0, 0.05) is 5.56 Å². The molecule has 0 spiro atoms. The number of terminal acetylenes is 1. The van der Waals surface area contributed by atoms with Gasteiger partial charge in [-0.1, -0.05) is 18.1 Å². The number of sulfonamides is 1. The fourth-order valence-corrected chi connectivity index (χ4v) is 1.82. The highest BCUT2D eigenvalue weighted by Crippen LogP contribution is 2.12. The maximum atomic E-state index is 11.4. The Bertz CT molecular complexity index is 443. The topological polar surface area (TPSA) is 46.2 Å². The van der Waals surface area contributed by atoms with E-state index in [1.54, 1.807) is 18.2 Å². The molecule has 0 saturated carbocycles. The Morgan fingerprint density at radius 1 is 1.38 bits per heavy atom. The van der Waals surface area contributed by atoms with Crippen molar-refractivity contribution in [1.29, 1.82) is 0 Å². The Morgan fingerprint density at radius 2 is 2.00 bits per heavy atom. The molecule has 0 radical (unpaired) electrons. The van der Waals surface area contributed by atoms with Crippen LogP contribution in [0.1, 0.15) is 5.56 Å². The molecule has 4 heteroatoms. The van der Waals surface area contributed by atoms with Crippen LogP contribution in [0.25, 0.3) is 0 Å². The summed E-state index contributed by atoms with van der Waals surface area (Å²) in [5.74, 6) is 2.32. The first kappa shape index (κ1) is 9.78. The molecule has 13 heavy (non-hydrogen) atoms. The predicted octanol–water partition coefficient (Wildman–Crippen LogP) is 0.576. The van der Waals surface area contributed by atoms with E-state index in [-0.39, 0.29) is 4.90 Å². The molecule has 0 heterocycles. The lowest BCUT2D eigenvalue weighted by Gasteiger charge is -2.03. The third-order valence-corrected chi connectivity index (χ3v) is 3.07. The largest absolute Gasteiger partial charge is 0.241 e. The van der Waals surface area contributed by atoms with E-state index in [4.69, 9.17) is 6.42 Å². The summed E-state index contributed by atoms with van der Waals surface area (Å²) in [6.45, 7) is 0. The Morgan fingerprint density at radius 3 is 2.54 bits per heavy atom. The molecule has 0 aromatic heterocycles. The van der Waals surface area contributed by atoms with Crippen LogP contribution in [0.4, 0.5) is 0 Å². The SMILES string of the molecule is C#Cc1ccccc1S(=O)(=O)NC. The van der Waals surface area contributed by atoms with E-state index < -0.39 is 10.0 Å². The smallest absolute Gasteiger partial charge is 0.214 e. The van der Waals surface area contributed by atoms with Crippen molar-refractivity contribution in [3.05, 3.63) is 29.8 Å². The van der Waals surface area contributed by atoms with Gasteiger partial charge < -0.3 is 0 Å². The van der Waals surface area contributed by atoms with Crippen LogP contribution >= 0.6 is 0 Å². The van der Waals surface area contributed by atoms with E-state index in [1.165, 1.54) is 13.1 Å². The van der Waals surface area contributed by atoms with Crippen molar-refractivity contribution in [2.45, 2.75) is 4.90 Å². The number of hydrogen-bond acceptors (Lipinski definition) is 2. The summed E-state index contributed by atoms with van der Waals surface area (Å²) in [5, 5.41) is 0. The lowest BCUT2D eigenvalue weighted by atomic mass is 10.2. The Balaban J connectivity index is 3.40. The Hall–Kier alpha value is -1.31. The summed E-state index contributed by atoms with van der Waals surface area (Å²) in [4.78, 5) is 0.139. The van der Waals surface area contributed by atoms with Crippen LogP contribution in [0, 0.1) is 12.3 Å². The molecule has 68 valence electrons. The van der Waals surface area contributed by atoms with E-state index in [2.05, 4.69) is 10.6 Å². The van der Waals surface area contributed by atoms with Gasteiger partial charge in [-0.25, -0.2) is 13.1 Å². The van der Waals surface area contributed by atoms with Crippen LogP contribution in [-0.2, 0) is 10.0 Å². The zero-order valence-electron chi connectivity index (χ0n) is 7.11. The summed E-state index contributed by atoms with van der Waals surface area (Å²) in [5.41, 5.74) is 0.372. The molecule has 0 bridgehead atoms. The lowest BCUT2D eigenvalue weighted by Crippen LogP contribution is -2.19. The van der Waals surface area contributed by atoms with Crippen molar-refractivity contribution in [2.24, 2.45) is 0 Å². The van der Waals surface area contributed by atoms with Crippen LogP contribution in [0.3, 0.4) is 0 Å². The lowest BCUT2D eigenvalue weighted by molar-refractivity contribution is 0.588. The van der Waals surface area contributed by atoms with Crippen LogP contribution in [0.2, 0.25) is 0 Å². The second-order valence-corrected chi connectivity index (χ2v) is 4.20. The molecule has 1 aromatic carbocycles. The van der Waals surface area contributed by atoms with Crippen LogP contribution < -0.4 is 4.72 Å². The molecule has 0 fully saturated rings.